The number of methoxy groups -OCH3 is 1. The number of aliphatic imine (C=N–C) groups is 1. The molecule has 0 saturated carbocycles. The smallest absolute Gasteiger partial charge is 0.234 e. The molecular weight excluding hydrogens is 350 g/mol. The minimum Gasteiger partial charge on any atom is -0.501 e. The predicted molar refractivity (Wildman–Crippen MR) is 113 cm³/mol. The SMILES string of the molecule is CCCC[C@@H]1C(=O)N(C)C(N)=N[C@]1(C)c1cccc(C2C=CC=C(OC)C2)c1. The molecule has 0 spiro atoms. The highest BCUT2D eigenvalue weighted by Crippen LogP contribution is 2.41. The van der Waals surface area contributed by atoms with Gasteiger partial charge in [0.25, 0.3) is 0 Å². The van der Waals surface area contributed by atoms with Crippen LogP contribution in [0.5, 0.6) is 0 Å². The first-order chi connectivity index (χ1) is 13.4. The Kier molecular flexibility index (Phi) is 5.92. The summed E-state index contributed by atoms with van der Waals surface area (Å²) in [6.45, 7) is 4.18. The van der Waals surface area contributed by atoms with Crippen molar-refractivity contribution in [2.45, 2.75) is 51.0 Å². The highest BCUT2D eigenvalue weighted by atomic mass is 16.5. The topological polar surface area (TPSA) is 67.9 Å². The molecule has 1 unspecified atom stereocenters. The average Bonchev–Trinajstić information content (AvgIpc) is 2.72. The number of nitrogens with two attached hydrogens (primary N) is 1. The molecule has 0 bridgehead atoms. The largest absolute Gasteiger partial charge is 0.501 e. The van der Waals surface area contributed by atoms with E-state index in [9.17, 15) is 4.79 Å². The molecule has 5 nitrogen and oxygen atoms in total. The second-order valence-electron chi connectivity index (χ2n) is 7.87. The summed E-state index contributed by atoms with van der Waals surface area (Å²) in [6, 6.07) is 8.44. The summed E-state index contributed by atoms with van der Waals surface area (Å²) in [7, 11) is 3.42. The van der Waals surface area contributed by atoms with Crippen molar-refractivity contribution in [1.29, 1.82) is 0 Å². The van der Waals surface area contributed by atoms with Crippen LogP contribution >= 0.6 is 0 Å². The number of hydrogen-bond donors (Lipinski definition) is 1. The fourth-order valence-corrected chi connectivity index (χ4v) is 4.17. The van der Waals surface area contributed by atoms with Crippen LogP contribution in [0.25, 0.3) is 0 Å². The maximum atomic E-state index is 13.0. The molecule has 2 N–H and O–H groups in total. The number of guanidine groups is 1. The number of rotatable bonds is 6. The number of benzene rings is 1. The molecule has 3 atom stereocenters. The van der Waals surface area contributed by atoms with E-state index in [1.807, 2.05) is 19.1 Å². The van der Waals surface area contributed by atoms with Crippen molar-refractivity contribution in [2.24, 2.45) is 16.6 Å². The van der Waals surface area contributed by atoms with Gasteiger partial charge >= 0.3 is 0 Å². The lowest BCUT2D eigenvalue weighted by Gasteiger charge is -2.41. The standard InChI is InChI=1S/C23H31N3O2/c1-5-6-13-20-21(27)26(3)22(24)25-23(20,2)18-11-7-9-16(14-18)17-10-8-12-19(15-17)28-4/h7-12,14,17,20H,5-6,13,15H2,1-4H3,(H2,24,25)/t17?,20-,23-/m1/s1. The molecule has 1 aliphatic heterocycles. The van der Waals surface area contributed by atoms with Crippen LogP contribution in [0.3, 0.4) is 0 Å². The Morgan fingerprint density at radius 3 is 2.89 bits per heavy atom. The van der Waals surface area contributed by atoms with Gasteiger partial charge in [-0.1, -0.05) is 56.2 Å². The maximum absolute atomic E-state index is 13.0. The van der Waals surface area contributed by atoms with E-state index in [0.717, 1.165) is 37.0 Å². The van der Waals surface area contributed by atoms with E-state index in [-0.39, 0.29) is 23.7 Å². The number of nitrogens with zero attached hydrogens (tertiary/aromatic N) is 2. The van der Waals surface area contributed by atoms with Gasteiger partial charge in [0.1, 0.15) is 0 Å². The van der Waals surface area contributed by atoms with Gasteiger partial charge in [-0.05, 0) is 30.5 Å². The second-order valence-corrected chi connectivity index (χ2v) is 7.87. The van der Waals surface area contributed by atoms with Gasteiger partial charge in [-0.2, -0.15) is 0 Å². The third kappa shape index (κ3) is 3.71. The maximum Gasteiger partial charge on any atom is 0.234 e. The van der Waals surface area contributed by atoms with E-state index in [2.05, 4.69) is 37.3 Å². The fourth-order valence-electron chi connectivity index (χ4n) is 4.17. The molecule has 0 saturated heterocycles. The summed E-state index contributed by atoms with van der Waals surface area (Å²) in [4.78, 5) is 19.3. The molecule has 1 amide bonds. The number of allylic oxidation sites excluding steroid dienone is 4. The van der Waals surface area contributed by atoms with Gasteiger partial charge in [0.05, 0.1) is 24.3 Å². The van der Waals surface area contributed by atoms with Crippen LogP contribution in [0.4, 0.5) is 0 Å². The zero-order valence-corrected chi connectivity index (χ0v) is 17.3. The molecule has 150 valence electrons. The van der Waals surface area contributed by atoms with Gasteiger partial charge in [-0.15, -0.1) is 0 Å². The molecule has 0 aromatic heterocycles. The van der Waals surface area contributed by atoms with Gasteiger partial charge in [0, 0.05) is 19.4 Å². The van der Waals surface area contributed by atoms with E-state index in [0.29, 0.717) is 0 Å². The Morgan fingerprint density at radius 2 is 2.18 bits per heavy atom. The van der Waals surface area contributed by atoms with E-state index in [4.69, 9.17) is 15.5 Å². The molecular formula is C23H31N3O2. The molecule has 1 aliphatic carbocycles. The molecule has 1 aromatic rings. The first-order valence-electron chi connectivity index (χ1n) is 10.1. The predicted octanol–water partition coefficient (Wildman–Crippen LogP) is 4.07. The lowest BCUT2D eigenvalue weighted by molar-refractivity contribution is -0.134. The number of amides is 1. The zero-order valence-electron chi connectivity index (χ0n) is 17.3. The zero-order chi connectivity index (χ0) is 20.3. The second kappa shape index (κ2) is 8.21. The number of unbranched alkanes of at least 4 members (excludes halogenated alkanes) is 1. The Morgan fingerprint density at radius 1 is 1.39 bits per heavy atom. The van der Waals surface area contributed by atoms with Crippen LogP contribution in [0.1, 0.15) is 56.6 Å². The van der Waals surface area contributed by atoms with Gasteiger partial charge in [-0.3, -0.25) is 9.69 Å². The summed E-state index contributed by atoms with van der Waals surface area (Å²) in [5.41, 5.74) is 7.69. The molecule has 3 rings (SSSR count). The van der Waals surface area contributed by atoms with Gasteiger partial charge < -0.3 is 10.5 Å². The van der Waals surface area contributed by atoms with E-state index >= 15 is 0 Å². The van der Waals surface area contributed by atoms with Crippen LogP contribution < -0.4 is 5.73 Å². The summed E-state index contributed by atoms with van der Waals surface area (Å²) >= 11 is 0. The molecule has 2 aliphatic rings. The van der Waals surface area contributed by atoms with Crippen molar-refractivity contribution in [3.8, 4) is 0 Å². The van der Waals surface area contributed by atoms with Crippen molar-refractivity contribution in [3.63, 3.8) is 0 Å². The first kappa shape index (κ1) is 20.2. The third-order valence-corrected chi connectivity index (χ3v) is 6.05. The highest BCUT2D eigenvalue weighted by Gasteiger charge is 2.45. The Balaban J connectivity index is 1.99. The number of ether oxygens (including phenoxy) is 1. The van der Waals surface area contributed by atoms with E-state index in [1.54, 1.807) is 14.2 Å². The van der Waals surface area contributed by atoms with Crippen LogP contribution in [0.15, 0.2) is 53.2 Å². The van der Waals surface area contributed by atoms with Crippen molar-refractivity contribution in [2.75, 3.05) is 14.2 Å². The van der Waals surface area contributed by atoms with Gasteiger partial charge in [0.2, 0.25) is 5.91 Å². The molecule has 0 radical (unpaired) electrons. The normalized spacial score (nSPS) is 27.4. The third-order valence-electron chi connectivity index (χ3n) is 6.05. The van der Waals surface area contributed by atoms with E-state index < -0.39 is 5.54 Å². The molecule has 0 fully saturated rings. The Hall–Kier alpha value is -2.56. The van der Waals surface area contributed by atoms with Crippen molar-refractivity contribution < 1.29 is 9.53 Å². The summed E-state index contributed by atoms with van der Waals surface area (Å²) < 4.78 is 5.43. The monoisotopic (exact) mass is 381 g/mol. The van der Waals surface area contributed by atoms with Crippen LogP contribution in [0.2, 0.25) is 0 Å². The fraction of sp³-hybridized carbons (Fsp3) is 0.478. The molecule has 1 aromatic carbocycles. The molecule has 5 heteroatoms. The van der Waals surface area contributed by atoms with E-state index in [1.165, 1.54) is 10.5 Å². The number of carbonyl (C=O) groups excluding carboxylic acids is 1. The quantitative estimate of drug-likeness (QED) is 0.808. The Bertz CT molecular complexity index is 827. The first-order valence-corrected chi connectivity index (χ1v) is 10.1. The van der Waals surface area contributed by atoms with Crippen LogP contribution in [-0.4, -0.2) is 30.9 Å². The number of hydrogen-bond acceptors (Lipinski definition) is 4. The minimum absolute atomic E-state index is 0.0519. The Labute approximate surface area is 168 Å². The van der Waals surface area contributed by atoms with Crippen molar-refractivity contribution >= 4 is 11.9 Å². The van der Waals surface area contributed by atoms with Gasteiger partial charge in [-0.25, -0.2) is 4.99 Å². The summed E-state index contributed by atoms with van der Waals surface area (Å²) in [6.07, 6.45) is 9.90. The van der Waals surface area contributed by atoms with Crippen LogP contribution in [0, 0.1) is 5.92 Å². The highest BCUT2D eigenvalue weighted by molar-refractivity contribution is 6.00. The number of carbonyl (C=O) groups is 1. The summed E-state index contributed by atoms with van der Waals surface area (Å²) in [5, 5.41) is 0. The molecule has 1 heterocycles. The lowest BCUT2D eigenvalue weighted by atomic mass is 9.74. The summed E-state index contributed by atoms with van der Waals surface area (Å²) in [5.74, 6) is 1.35. The van der Waals surface area contributed by atoms with Crippen molar-refractivity contribution in [1.82, 2.24) is 4.90 Å². The van der Waals surface area contributed by atoms with Crippen molar-refractivity contribution in [3.05, 3.63) is 59.4 Å². The average molecular weight is 382 g/mol. The molecule has 28 heavy (non-hydrogen) atoms. The minimum atomic E-state index is -0.656. The lowest BCUT2D eigenvalue weighted by Crippen LogP contribution is -2.53. The van der Waals surface area contributed by atoms with Crippen LogP contribution in [-0.2, 0) is 15.1 Å². The van der Waals surface area contributed by atoms with Gasteiger partial charge in [0.15, 0.2) is 5.96 Å².